The minimum absolute atomic E-state index is 0.608. The van der Waals surface area contributed by atoms with E-state index >= 15 is 0 Å². The summed E-state index contributed by atoms with van der Waals surface area (Å²) in [6, 6.07) is 3.96. The van der Waals surface area contributed by atoms with Gasteiger partial charge in [0.15, 0.2) is 0 Å². The third-order valence-electron chi connectivity index (χ3n) is 3.34. The highest BCUT2D eigenvalue weighted by Gasteiger charge is 2.09. The standard InChI is InChI=1S/C15H19BrClN3/c1-2-3-11(4-6-17)9-19-13-5-7-18-14-8-12(16)10-20-15(13)14/h5,7-8,10-11H,2-4,6,9H2,1H3,(H,18,19). The van der Waals surface area contributed by atoms with E-state index in [-0.39, 0.29) is 0 Å². The van der Waals surface area contributed by atoms with Crippen molar-refractivity contribution in [2.75, 3.05) is 17.7 Å². The Bertz CT molecular complexity index is 556. The molecule has 2 aromatic rings. The molecule has 1 N–H and O–H groups in total. The SMILES string of the molecule is CCCC(CCCl)CNc1ccnc2cc(Br)cnc12. The minimum atomic E-state index is 0.608. The van der Waals surface area contributed by atoms with E-state index in [0.717, 1.165) is 34.2 Å². The lowest BCUT2D eigenvalue weighted by Gasteiger charge is -2.17. The number of fused-ring (bicyclic) bond motifs is 1. The maximum atomic E-state index is 5.87. The third-order valence-corrected chi connectivity index (χ3v) is 3.99. The summed E-state index contributed by atoms with van der Waals surface area (Å²) in [6.07, 6.45) is 7.05. The van der Waals surface area contributed by atoms with Crippen molar-refractivity contribution in [2.24, 2.45) is 5.92 Å². The first-order chi connectivity index (χ1) is 9.74. The zero-order valence-electron chi connectivity index (χ0n) is 11.6. The molecule has 0 radical (unpaired) electrons. The van der Waals surface area contributed by atoms with Crippen LogP contribution in [0.15, 0.2) is 29.0 Å². The summed E-state index contributed by atoms with van der Waals surface area (Å²) in [5, 5.41) is 3.50. The van der Waals surface area contributed by atoms with Crippen LogP contribution >= 0.6 is 27.5 Å². The molecular weight excluding hydrogens is 338 g/mol. The van der Waals surface area contributed by atoms with Gasteiger partial charge >= 0.3 is 0 Å². The van der Waals surface area contributed by atoms with E-state index in [1.807, 2.05) is 18.3 Å². The number of nitrogens with one attached hydrogen (secondary N) is 1. The Kier molecular flexibility index (Phi) is 6.05. The highest BCUT2D eigenvalue weighted by molar-refractivity contribution is 9.10. The Hall–Kier alpha value is -0.870. The summed E-state index contributed by atoms with van der Waals surface area (Å²) < 4.78 is 0.945. The average molecular weight is 357 g/mol. The van der Waals surface area contributed by atoms with E-state index in [9.17, 15) is 0 Å². The van der Waals surface area contributed by atoms with Crippen molar-refractivity contribution in [3.63, 3.8) is 0 Å². The number of pyridine rings is 2. The largest absolute Gasteiger partial charge is 0.383 e. The van der Waals surface area contributed by atoms with E-state index in [0.29, 0.717) is 11.8 Å². The number of hydrogen-bond acceptors (Lipinski definition) is 3. The summed E-state index contributed by atoms with van der Waals surface area (Å²) in [7, 11) is 0. The number of nitrogens with zero attached hydrogens (tertiary/aromatic N) is 2. The second-order valence-electron chi connectivity index (χ2n) is 4.89. The fraction of sp³-hybridized carbons (Fsp3) is 0.467. The van der Waals surface area contributed by atoms with Crippen LogP contribution in [0, 0.1) is 5.92 Å². The molecule has 2 aromatic heterocycles. The van der Waals surface area contributed by atoms with Crippen LogP contribution in [0.25, 0.3) is 11.0 Å². The molecule has 0 bridgehead atoms. The molecule has 0 saturated carbocycles. The molecule has 0 amide bonds. The van der Waals surface area contributed by atoms with Crippen LogP contribution in [0.1, 0.15) is 26.2 Å². The highest BCUT2D eigenvalue weighted by atomic mass is 79.9. The summed E-state index contributed by atoms with van der Waals surface area (Å²) >= 11 is 9.29. The molecule has 0 fully saturated rings. The van der Waals surface area contributed by atoms with Gasteiger partial charge < -0.3 is 5.32 Å². The molecule has 20 heavy (non-hydrogen) atoms. The zero-order chi connectivity index (χ0) is 14.4. The minimum Gasteiger partial charge on any atom is -0.383 e. The van der Waals surface area contributed by atoms with E-state index < -0.39 is 0 Å². The smallest absolute Gasteiger partial charge is 0.112 e. The lowest BCUT2D eigenvalue weighted by atomic mass is 10.0. The third kappa shape index (κ3) is 4.06. The molecule has 3 nitrogen and oxygen atoms in total. The van der Waals surface area contributed by atoms with Crippen molar-refractivity contribution in [1.29, 1.82) is 0 Å². The first-order valence-electron chi connectivity index (χ1n) is 6.94. The van der Waals surface area contributed by atoms with E-state index in [1.54, 1.807) is 6.20 Å². The first kappa shape index (κ1) is 15.5. The molecule has 0 aliphatic carbocycles. The van der Waals surface area contributed by atoms with E-state index in [2.05, 4.69) is 38.1 Å². The summed E-state index contributed by atoms with van der Waals surface area (Å²) in [5.74, 6) is 1.32. The topological polar surface area (TPSA) is 37.8 Å². The highest BCUT2D eigenvalue weighted by Crippen LogP contribution is 2.23. The molecular formula is C15H19BrClN3. The molecule has 0 aliphatic rings. The molecule has 1 atom stereocenters. The van der Waals surface area contributed by atoms with Gasteiger partial charge in [-0.3, -0.25) is 9.97 Å². The fourth-order valence-corrected chi connectivity index (χ4v) is 2.94. The van der Waals surface area contributed by atoms with Gasteiger partial charge in [0.2, 0.25) is 0 Å². The number of halogens is 2. The number of anilines is 1. The molecule has 108 valence electrons. The maximum absolute atomic E-state index is 5.87. The Balaban J connectivity index is 2.12. The van der Waals surface area contributed by atoms with Crippen LogP contribution in [0.4, 0.5) is 5.69 Å². The summed E-state index contributed by atoms with van der Waals surface area (Å²) in [5.41, 5.74) is 2.85. The van der Waals surface area contributed by atoms with Gasteiger partial charge in [0.1, 0.15) is 5.52 Å². The van der Waals surface area contributed by atoms with Gasteiger partial charge in [-0.05, 0) is 46.8 Å². The Morgan fingerprint density at radius 1 is 1.35 bits per heavy atom. The van der Waals surface area contributed by atoms with Gasteiger partial charge in [0.25, 0.3) is 0 Å². The van der Waals surface area contributed by atoms with Crippen molar-refractivity contribution in [2.45, 2.75) is 26.2 Å². The molecule has 0 saturated heterocycles. The lowest BCUT2D eigenvalue weighted by Crippen LogP contribution is -2.15. The summed E-state index contributed by atoms with van der Waals surface area (Å²) in [6.45, 7) is 3.14. The molecule has 0 aliphatic heterocycles. The predicted molar refractivity (Wildman–Crippen MR) is 89.5 cm³/mol. The number of alkyl halides is 1. The second-order valence-corrected chi connectivity index (χ2v) is 6.19. The van der Waals surface area contributed by atoms with Crippen LogP contribution in [0.5, 0.6) is 0 Å². The van der Waals surface area contributed by atoms with Gasteiger partial charge in [0, 0.05) is 29.3 Å². The van der Waals surface area contributed by atoms with Crippen molar-refractivity contribution >= 4 is 44.3 Å². The second kappa shape index (κ2) is 7.79. The first-order valence-corrected chi connectivity index (χ1v) is 8.27. The van der Waals surface area contributed by atoms with Gasteiger partial charge in [-0.25, -0.2) is 0 Å². The normalized spacial score (nSPS) is 12.6. The number of rotatable bonds is 7. The van der Waals surface area contributed by atoms with Crippen molar-refractivity contribution < 1.29 is 0 Å². The molecule has 0 spiro atoms. The van der Waals surface area contributed by atoms with Crippen LogP contribution in [0.2, 0.25) is 0 Å². The molecule has 1 unspecified atom stereocenters. The molecule has 5 heteroatoms. The Morgan fingerprint density at radius 2 is 2.20 bits per heavy atom. The van der Waals surface area contributed by atoms with Crippen molar-refractivity contribution in [1.82, 2.24) is 9.97 Å². The van der Waals surface area contributed by atoms with Crippen molar-refractivity contribution in [3.8, 4) is 0 Å². The van der Waals surface area contributed by atoms with Gasteiger partial charge in [-0.1, -0.05) is 13.3 Å². The zero-order valence-corrected chi connectivity index (χ0v) is 13.9. The van der Waals surface area contributed by atoms with Gasteiger partial charge in [0.05, 0.1) is 11.2 Å². The van der Waals surface area contributed by atoms with E-state index in [1.165, 1.54) is 12.8 Å². The predicted octanol–water partition coefficient (Wildman–Crippen LogP) is 4.85. The fourth-order valence-electron chi connectivity index (χ4n) is 2.31. The van der Waals surface area contributed by atoms with Gasteiger partial charge in [-0.2, -0.15) is 0 Å². The maximum Gasteiger partial charge on any atom is 0.112 e. The number of hydrogen-bond donors (Lipinski definition) is 1. The lowest BCUT2D eigenvalue weighted by molar-refractivity contribution is 0.490. The van der Waals surface area contributed by atoms with E-state index in [4.69, 9.17) is 11.6 Å². The number of aromatic nitrogens is 2. The van der Waals surface area contributed by atoms with Crippen LogP contribution in [-0.4, -0.2) is 22.4 Å². The molecule has 2 rings (SSSR count). The van der Waals surface area contributed by atoms with Crippen LogP contribution in [0.3, 0.4) is 0 Å². The van der Waals surface area contributed by atoms with Crippen molar-refractivity contribution in [3.05, 3.63) is 29.0 Å². The Labute approximate surface area is 133 Å². The van der Waals surface area contributed by atoms with Crippen LogP contribution < -0.4 is 5.32 Å². The average Bonchev–Trinajstić information content (AvgIpc) is 2.44. The van der Waals surface area contributed by atoms with Gasteiger partial charge in [-0.15, -0.1) is 11.6 Å². The quantitative estimate of drug-likeness (QED) is 0.721. The summed E-state index contributed by atoms with van der Waals surface area (Å²) in [4.78, 5) is 8.80. The monoisotopic (exact) mass is 355 g/mol. The molecule has 2 heterocycles. The molecule has 0 aromatic carbocycles. The van der Waals surface area contributed by atoms with Crippen LogP contribution in [-0.2, 0) is 0 Å². The Morgan fingerprint density at radius 3 is 2.95 bits per heavy atom.